The number of amides is 2. The second-order valence-electron chi connectivity index (χ2n) is 9.67. The highest BCUT2D eigenvalue weighted by Gasteiger charge is 2.67. The molecule has 1 aromatic carbocycles. The van der Waals surface area contributed by atoms with Crippen LogP contribution in [0.3, 0.4) is 0 Å². The molecule has 1 heterocycles. The molecule has 1 aromatic rings. The molecule has 6 rings (SSSR count). The van der Waals surface area contributed by atoms with Crippen LogP contribution in [-0.4, -0.2) is 29.2 Å². The lowest BCUT2D eigenvalue weighted by Gasteiger charge is -2.37. The van der Waals surface area contributed by atoms with Crippen molar-refractivity contribution in [1.82, 2.24) is 4.90 Å². The molecule has 0 radical (unpaired) electrons. The van der Waals surface area contributed by atoms with Gasteiger partial charge in [-0.3, -0.25) is 14.5 Å². The minimum Gasteiger partial charge on any atom is -0.425 e. The van der Waals surface area contributed by atoms with E-state index in [0.29, 0.717) is 17.6 Å². The van der Waals surface area contributed by atoms with E-state index in [0.717, 1.165) is 16.9 Å². The number of hydrogen-bond acceptors (Lipinski definition) is 4. The number of carbonyl (C=O) groups is 3. The molecule has 5 aliphatic rings. The molecule has 1 saturated heterocycles. The first-order valence-electron chi connectivity index (χ1n) is 10.1. The summed E-state index contributed by atoms with van der Waals surface area (Å²) in [5.74, 6) is 0.369. The van der Waals surface area contributed by atoms with Crippen molar-refractivity contribution in [2.24, 2.45) is 35.5 Å². The van der Waals surface area contributed by atoms with E-state index in [1.807, 2.05) is 12.1 Å². The molecule has 4 aliphatic carbocycles. The van der Waals surface area contributed by atoms with Gasteiger partial charge in [0, 0.05) is 0 Å². The molecule has 146 valence electrons. The average Bonchev–Trinajstić information content (AvgIpc) is 3.43. The summed E-state index contributed by atoms with van der Waals surface area (Å²) in [6.07, 6.45) is 5.38. The Morgan fingerprint density at radius 3 is 2.04 bits per heavy atom. The van der Waals surface area contributed by atoms with Gasteiger partial charge >= 0.3 is 5.97 Å². The Morgan fingerprint density at radius 2 is 1.54 bits per heavy atom. The summed E-state index contributed by atoms with van der Waals surface area (Å²) in [7, 11) is 0. The zero-order valence-corrected chi connectivity index (χ0v) is 16.4. The van der Waals surface area contributed by atoms with E-state index < -0.39 is 5.97 Å². The highest BCUT2D eigenvalue weighted by atomic mass is 16.5. The van der Waals surface area contributed by atoms with E-state index in [2.05, 4.69) is 32.9 Å². The van der Waals surface area contributed by atoms with E-state index >= 15 is 0 Å². The van der Waals surface area contributed by atoms with Gasteiger partial charge in [-0.15, -0.1) is 0 Å². The van der Waals surface area contributed by atoms with Crippen LogP contribution in [-0.2, 0) is 19.8 Å². The van der Waals surface area contributed by atoms with Crippen molar-refractivity contribution in [2.45, 2.75) is 32.6 Å². The standard InChI is InChI=1S/C23H25NO4/c1-23(2,3)12-4-6-13(7-5-12)28-18(25)11-24-21(26)19-14-8-9-15(17-10-16(14)17)20(19)22(24)27/h4-9,14-17,19-20H,10-11H2,1-3H3/t14-,15-,16-,17+,19+,20+/m1/s1. The predicted molar refractivity (Wildman–Crippen MR) is 102 cm³/mol. The number of nitrogens with zero attached hydrogens (tertiary/aromatic N) is 1. The van der Waals surface area contributed by atoms with Gasteiger partial charge in [0.2, 0.25) is 11.8 Å². The van der Waals surface area contributed by atoms with Crippen LogP contribution in [0.1, 0.15) is 32.8 Å². The molecule has 28 heavy (non-hydrogen) atoms. The Morgan fingerprint density at radius 1 is 1.00 bits per heavy atom. The minimum atomic E-state index is -0.575. The van der Waals surface area contributed by atoms with Gasteiger partial charge in [-0.05, 0) is 53.2 Å². The molecule has 0 spiro atoms. The van der Waals surface area contributed by atoms with Gasteiger partial charge in [0.05, 0.1) is 11.8 Å². The summed E-state index contributed by atoms with van der Waals surface area (Å²) in [6, 6.07) is 7.37. The molecule has 0 aromatic heterocycles. The van der Waals surface area contributed by atoms with Crippen molar-refractivity contribution < 1.29 is 19.1 Å². The minimum absolute atomic E-state index is 0.0152. The molecule has 2 bridgehead atoms. The van der Waals surface area contributed by atoms with Crippen LogP contribution in [0.25, 0.3) is 0 Å². The monoisotopic (exact) mass is 379 g/mol. The van der Waals surface area contributed by atoms with Crippen LogP contribution in [0, 0.1) is 35.5 Å². The second kappa shape index (κ2) is 5.79. The van der Waals surface area contributed by atoms with E-state index in [9.17, 15) is 14.4 Å². The van der Waals surface area contributed by atoms with Gasteiger partial charge in [0.1, 0.15) is 12.3 Å². The molecule has 2 amide bonds. The molecular formula is C23H25NO4. The smallest absolute Gasteiger partial charge is 0.331 e. The molecular weight excluding hydrogens is 354 g/mol. The Labute approximate surface area is 164 Å². The maximum absolute atomic E-state index is 12.9. The fourth-order valence-electron chi connectivity index (χ4n) is 5.49. The number of hydrogen-bond donors (Lipinski definition) is 0. The topological polar surface area (TPSA) is 63.7 Å². The normalized spacial score (nSPS) is 35.0. The van der Waals surface area contributed by atoms with Crippen molar-refractivity contribution >= 4 is 17.8 Å². The number of allylic oxidation sites excluding steroid dienone is 2. The van der Waals surface area contributed by atoms with Gasteiger partial charge in [-0.25, -0.2) is 4.79 Å². The van der Waals surface area contributed by atoms with Gasteiger partial charge in [-0.1, -0.05) is 45.1 Å². The summed E-state index contributed by atoms with van der Waals surface area (Å²) in [5.41, 5.74) is 1.16. The Kier molecular flexibility index (Phi) is 3.65. The van der Waals surface area contributed by atoms with Crippen molar-refractivity contribution in [1.29, 1.82) is 0 Å². The largest absolute Gasteiger partial charge is 0.425 e. The molecule has 3 fully saturated rings. The lowest BCUT2D eigenvalue weighted by Crippen LogP contribution is -2.40. The molecule has 1 aliphatic heterocycles. The summed E-state index contributed by atoms with van der Waals surface area (Å²) in [4.78, 5) is 39.4. The molecule has 5 nitrogen and oxygen atoms in total. The van der Waals surface area contributed by atoms with Crippen LogP contribution >= 0.6 is 0 Å². The van der Waals surface area contributed by atoms with Crippen molar-refractivity contribution in [3.8, 4) is 5.75 Å². The van der Waals surface area contributed by atoms with Crippen molar-refractivity contribution in [3.05, 3.63) is 42.0 Å². The first kappa shape index (κ1) is 17.7. The molecule has 0 unspecified atom stereocenters. The van der Waals surface area contributed by atoms with Gasteiger partial charge in [0.15, 0.2) is 0 Å². The third kappa shape index (κ3) is 2.55. The van der Waals surface area contributed by atoms with Gasteiger partial charge < -0.3 is 4.74 Å². The summed E-state index contributed by atoms with van der Waals surface area (Å²) in [6.45, 7) is 6.04. The SMILES string of the molecule is CC(C)(C)c1ccc(OC(=O)CN2C(=O)[C@H]3[C@@H]4C=C[C@H]([C@@H]5C[C@H]45)[C@@H]3C2=O)cc1. The first-order valence-corrected chi connectivity index (χ1v) is 10.1. The summed E-state index contributed by atoms with van der Waals surface area (Å²) in [5, 5.41) is 0. The average molecular weight is 379 g/mol. The van der Waals surface area contributed by atoms with Crippen LogP contribution in [0.4, 0.5) is 0 Å². The Hall–Kier alpha value is -2.43. The predicted octanol–water partition coefficient (Wildman–Crippen LogP) is 2.94. The third-order valence-electron chi connectivity index (χ3n) is 6.99. The maximum Gasteiger partial charge on any atom is 0.331 e. The number of esters is 1. The first-order chi connectivity index (χ1) is 13.3. The van der Waals surface area contributed by atoms with E-state index in [1.165, 1.54) is 0 Å². The fraction of sp³-hybridized carbons (Fsp3) is 0.522. The zero-order chi connectivity index (χ0) is 19.8. The quantitative estimate of drug-likeness (QED) is 0.351. The number of benzene rings is 1. The number of ether oxygens (including phenoxy) is 1. The Balaban J connectivity index is 1.27. The summed E-state index contributed by atoms with van der Waals surface area (Å²) >= 11 is 0. The molecule has 6 atom stereocenters. The lowest BCUT2D eigenvalue weighted by atomic mass is 9.63. The van der Waals surface area contributed by atoms with Crippen LogP contribution in [0.2, 0.25) is 0 Å². The maximum atomic E-state index is 12.9. The number of rotatable bonds is 3. The van der Waals surface area contributed by atoms with E-state index in [1.54, 1.807) is 12.1 Å². The van der Waals surface area contributed by atoms with Crippen LogP contribution in [0.5, 0.6) is 5.75 Å². The molecule has 2 saturated carbocycles. The highest BCUT2D eigenvalue weighted by molar-refractivity contribution is 6.08. The fourth-order valence-corrected chi connectivity index (χ4v) is 5.49. The lowest BCUT2D eigenvalue weighted by molar-refractivity contribution is -0.148. The Bertz CT molecular complexity index is 858. The highest BCUT2D eigenvalue weighted by Crippen LogP contribution is 2.65. The van der Waals surface area contributed by atoms with Crippen LogP contribution < -0.4 is 4.74 Å². The van der Waals surface area contributed by atoms with E-state index in [4.69, 9.17) is 4.74 Å². The van der Waals surface area contributed by atoms with Crippen molar-refractivity contribution in [2.75, 3.05) is 6.54 Å². The number of likely N-dealkylation sites (tertiary alicyclic amines) is 1. The second-order valence-corrected chi connectivity index (χ2v) is 9.67. The number of imide groups is 1. The van der Waals surface area contributed by atoms with Gasteiger partial charge in [-0.2, -0.15) is 0 Å². The summed E-state index contributed by atoms with van der Waals surface area (Å²) < 4.78 is 5.39. The number of carbonyl (C=O) groups excluding carboxylic acids is 3. The zero-order valence-electron chi connectivity index (χ0n) is 16.4. The molecule has 5 heteroatoms. The van der Waals surface area contributed by atoms with Gasteiger partial charge in [0.25, 0.3) is 0 Å². The van der Waals surface area contributed by atoms with Crippen molar-refractivity contribution in [3.63, 3.8) is 0 Å². The van der Waals surface area contributed by atoms with E-state index in [-0.39, 0.29) is 47.4 Å². The molecule has 0 N–H and O–H groups in total. The van der Waals surface area contributed by atoms with Crippen LogP contribution in [0.15, 0.2) is 36.4 Å². The third-order valence-corrected chi connectivity index (χ3v) is 6.99.